The van der Waals surface area contributed by atoms with Gasteiger partial charge in [-0.1, -0.05) is 18.2 Å². The number of rotatable bonds is 2. The van der Waals surface area contributed by atoms with Crippen molar-refractivity contribution in [3.05, 3.63) is 42.1 Å². The molecule has 1 aromatic rings. The van der Waals surface area contributed by atoms with E-state index < -0.39 is 0 Å². The van der Waals surface area contributed by atoms with Crippen molar-refractivity contribution in [2.75, 3.05) is 11.6 Å². The van der Waals surface area contributed by atoms with Crippen molar-refractivity contribution in [1.82, 2.24) is 5.43 Å². The number of para-hydroxylation sites is 1. The first-order valence-corrected chi connectivity index (χ1v) is 4.35. The molecule has 0 aromatic heterocycles. The van der Waals surface area contributed by atoms with Gasteiger partial charge in [-0.2, -0.15) is 0 Å². The molecule has 1 aliphatic heterocycles. The van der Waals surface area contributed by atoms with E-state index in [0.29, 0.717) is 12.1 Å². The molecule has 0 spiro atoms. The third-order valence-electron chi connectivity index (χ3n) is 2.08. The number of hydrazine groups is 1. The first-order valence-electron chi connectivity index (χ1n) is 4.35. The van der Waals surface area contributed by atoms with Crippen LogP contribution < -0.4 is 16.2 Å². The Labute approximate surface area is 82.0 Å². The topological polar surface area (TPSA) is 58.4 Å². The Morgan fingerprint density at radius 3 is 2.64 bits per heavy atom. The highest BCUT2D eigenvalue weighted by Gasteiger charge is 2.16. The van der Waals surface area contributed by atoms with Crippen molar-refractivity contribution in [2.45, 2.75) is 0 Å². The van der Waals surface area contributed by atoms with Gasteiger partial charge in [-0.05, 0) is 12.1 Å². The van der Waals surface area contributed by atoms with Crippen LogP contribution in [0.3, 0.4) is 0 Å². The Hall–Kier alpha value is -1.81. The lowest BCUT2D eigenvalue weighted by molar-refractivity contribution is -0.114. The van der Waals surface area contributed by atoms with E-state index in [0.717, 1.165) is 5.69 Å². The molecular formula is C10H11N3O. The number of carbonyl (C=O) groups excluding carboxylic acids is 1. The van der Waals surface area contributed by atoms with Gasteiger partial charge in [-0.3, -0.25) is 9.80 Å². The van der Waals surface area contributed by atoms with Gasteiger partial charge < -0.3 is 5.73 Å². The fourth-order valence-electron chi connectivity index (χ4n) is 1.32. The summed E-state index contributed by atoms with van der Waals surface area (Å²) in [5.74, 6) is -0.379. The number of hydrogen-bond donors (Lipinski definition) is 2. The van der Waals surface area contributed by atoms with E-state index in [-0.39, 0.29) is 5.91 Å². The summed E-state index contributed by atoms with van der Waals surface area (Å²) >= 11 is 0. The van der Waals surface area contributed by atoms with Crippen LogP contribution in [0.5, 0.6) is 0 Å². The van der Waals surface area contributed by atoms with Gasteiger partial charge in [0, 0.05) is 12.7 Å². The smallest absolute Gasteiger partial charge is 0.247 e. The van der Waals surface area contributed by atoms with Gasteiger partial charge in [0.25, 0.3) is 0 Å². The van der Waals surface area contributed by atoms with Crippen LogP contribution in [0.4, 0.5) is 5.69 Å². The lowest BCUT2D eigenvalue weighted by Gasteiger charge is -2.14. The van der Waals surface area contributed by atoms with Crippen LogP contribution in [0.25, 0.3) is 0 Å². The maximum atomic E-state index is 10.9. The molecule has 1 aromatic carbocycles. The fourth-order valence-corrected chi connectivity index (χ4v) is 1.32. The maximum Gasteiger partial charge on any atom is 0.247 e. The van der Waals surface area contributed by atoms with Crippen LogP contribution in [0.15, 0.2) is 42.1 Å². The normalized spacial score (nSPS) is 15.4. The summed E-state index contributed by atoms with van der Waals surface area (Å²) in [5, 5.41) is 1.79. The van der Waals surface area contributed by atoms with Gasteiger partial charge in [0.05, 0.1) is 11.3 Å². The molecule has 4 heteroatoms. The van der Waals surface area contributed by atoms with Crippen LogP contribution >= 0.6 is 0 Å². The Morgan fingerprint density at radius 1 is 1.36 bits per heavy atom. The van der Waals surface area contributed by atoms with Gasteiger partial charge in [-0.15, -0.1) is 0 Å². The first kappa shape index (κ1) is 8.77. The van der Waals surface area contributed by atoms with Crippen LogP contribution in [0.1, 0.15) is 0 Å². The molecule has 1 heterocycles. The molecule has 1 amide bonds. The molecule has 0 atom stereocenters. The summed E-state index contributed by atoms with van der Waals surface area (Å²) in [5.41, 5.74) is 9.79. The van der Waals surface area contributed by atoms with Gasteiger partial charge >= 0.3 is 0 Å². The summed E-state index contributed by atoms with van der Waals surface area (Å²) in [6, 6.07) is 9.72. The molecule has 4 nitrogen and oxygen atoms in total. The summed E-state index contributed by atoms with van der Waals surface area (Å²) in [6.07, 6.45) is 1.72. The molecule has 3 N–H and O–H groups in total. The predicted octanol–water partition coefficient (Wildman–Crippen LogP) is 0.380. The van der Waals surface area contributed by atoms with Crippen LogP contribution in [-0.4, -0.2) is 12.5 Å². The molecule has 2 rings (SSSR count). The monoisotopic (exact) mass is 189 g/mol. The van der Waals surface area contributed by atoms with E-state index in [1.165, 1.54) is 0 Å². The standard InChI is InChI=1S/C10H11N3O/c11-10(14)8-6-12-13(7-8)9-4-2-1-3-5-9/h1-5,7,12H,6H2,(H2,11,14). The van der Waals surface area contributed by atoms with Crippen molar-refractivity contribution in [3.63, 3.8) is 0 Å². The quantitative estimate of drug-likeness (QED) is 0.707. The van der Waals surface area contributed by atoms with Crippen LogP contribution in [0, 0.1) is 0 Å². The molecule has 72 valence electrons. The zero-order chi connectivity index (χ0) is 9.97. The van der Waals surface area contributed by atoms with Crippen molar-refractivity contribution in [3.8, 4) is 0 Å². The average molecular weight is 189 g/mol. The number of carbonyl (C=O) groups is 1. The first-order chi connectivity index (χ1) is 6.77. The minimum absolute atomic E-state index is 0.379. The maximum absolute atomic E-state index is 10.9. The summed E-state index contributed by atoms with van der Waals surface area (Å²) in [4.78, 5) is 10.9. The molecule has 14 heavy (non-hydrogen) atoms. The summed E-state index contributed by atoms with van der Waals surface area (Å²) in [7, 11) is 0. The Bertz CT molecular complexity index is 372. The number of nitrogens with zero attached hydrogens (tertiary/aromatic N) is 1. The Balaban J connectivity index is 2.20. The zero-order valence-corrected chi connectivity index (χ0v) is 7.60. The molecule has 0 bridgehead atoms. The van der Waals surface area contributed by atoms with Crippen molar-refractivity contribution >= 4 is 11.6 Å². The minimum Gasteiger partial charge on any atom is -0.366 e. The molecule has 0 saturated heterocycles. The molecule has 0 radical (unpaired) electrons. The van der Waals surface area contributed by atoms with Gasteiger partial charge in [0.1, 0.15) is 0 Å². The van der Waals surface area contributed by atoms with Crippen LogP contribution in [-0.2, 0) is 4.79 Å². The SMILES string of the molecule is NC(=O)C1=CN(c2ccccc2)NC1. The average Bonchev–Trinajstić information content (AvgIpc) is 2.68. The van der Waals surface area contributed by atoms with Crippen molar-refractivity contribution < 1.29 is 4.79 Å². The summed E-state index contributed by atoms with van der Waals surface area (Å²) in [6.45, 7) is 0.490. The molecule has 0 saturated carbocycles. The van der Waals surface area contributed by atoms with E-state index >= 15 is 0 Å². The summed E-state index contributed by atoms with van der Waals surface area (Å²) < 4.78 is 0. The number of anilines is 1. The second kappa shape index (κ2) is 3.51. The predicted molar refractivity (Wildman–Crippen MR) is 54.2 cm³/mol. The number of benzene rings is 1. The minimum atomic E-state index is -0.379. The van der Waals surface area contributed by atoms with Crippen molar-refractivity contribution in [2.24, 2.45) is 5.73 Å². The molecular weight excluding hydrogens is 178 g/mol. The Morgan fingerprint density at radius 2 is 2.07 bits per heavy atom. The van der Waals surface area contributed by atoms with E-state index in [1.54, 1.807) is 11.2 Å². The zero-order valence-electron chi connectivity index (χ0n) is 7.60. The largest absolute Gasteiger partial charge is 0.366 e. The number of nitrogens with one attached hydrogen (secondary N) is 1. The van der Waals surface area contributed by atoms with Crippen molar-refractivity contribution in [1.29, 1.82) is 0 Å². The molecule has 0 unspecified atom stereocenters. The lowest BCUT2D eigenvalue weighted by Crippen LogP contribution is -2.28. The highest BCUT2D eigenvalue weighted by Crippen LogP contribution is 2.15. The number of nitrogens with two attached hydrogens (primary N) is 1. The molecule has 0 fully saturated rings. The van der Waals surface area contributed by atoms with Gasteiger partial charge in [0.2, 0.25) is 5.91 Å². The van der Waals surface area contributed by atoms with E-state index in [4.69, 9.17) is 5.73 Å². The van der Waals surface area contributed by atoms with Gasteiger partial charge in [0.15, 0.2) is 0 Å². The lowest BCUT2D eigenvalue weighted by atomic mass is 10.3. The fraction of sp³-hybridized carbons (Fsp3) is 0.100. The van der Waals surface area contributed by atoms with E-state index in [1.807, 2.05) is 30.3 Å². The molecule has 1 aliphatic rings. The van der Waals surface area contributed by atoms with E-state index in [2.05, 4.69) is 5.43 Å². The highest BCUT2D eigenvalue weighted by atomic mass is 16.1. The van der Waals surface area contributed by atoms with E-state index in [9.17, 15) is 4.79 Å². The Kier molecular flexibility index (Phi) is 2.20. The number of hydrogen-bond acceptors (Lipinski definition) is 3. The second-order valence-electron chi connectivity index (χ2n) is 3.06. The molecule has 0 aliphatic carbocycles. The third-order valence-corrected chi connectivity index (χ3v) is 2.08. The van der Waals surface area contributed by atoms with Gasteiger partial charge in [-0.25, -0.2) is 5.43 Å². The number of primary amides is 1. The third kappa shape index (κ3) is 1.60. The van der Waals surface area contributed by atoms with Crippen LogP contribution in [0.2, 0.25) is 0 Å². The number of amides is 1. The second-order valence-corrected chi connectivity index (χ2v) is 3.06. The highest BCUT2D eigenvalue weighted by molar-refractivity contribution is 5.93.